The van der Waals surface area contributed by atoms with Crippen molar-refractivity contribution in [2.45, 2.75) is 31.2 Å². The molecule has 0 aliphatic carbocycles. The lowest BCUT2D eigenvalue weighted by Crippen LogP contribution is -2.31. The number of carbonyl (C=O) groups is 1. The second-order valence-electron chi connectivity index (χ2n) is 6.58. The predicted molar refractivity (Wildman–Crippen MR) is 91.0 cm³/mol. The summed E-state index contributed by atoms with van der Waals surface area (Å²) in [5, 5.41) is 0. The molecule has 0 saturated carbocycles. The van der Waals surface area contributed by atoms with Gasteiger partial charge in [0.15, 0.2) is 9.84 Å². The zero-order valence-corrected chi connectivity index (χ0v) is 15.1. The first kappa shape index (κ1) is 17.9. The van der Waals surface area contributed by atoms with Crippen LogP contribution in [0.5, 0.6) is 0 Å². The number of sulfone groups is 1. The Morgan fingerprint density at radius 3 is 2.43 bits per heavy atom. The summed E-state index contributed by atoms with van der Waals surface area (Å²) < 4.78 is 23.0. The van der Waals surface area contributed by atoms with E-state index >= 15 is 0 Å². The molecule has 6 heteroatoms. The lowest BCUT2D eigenvalue weighted by Gasteiger charge is -2.28. The zero-order chi connectivity index (χ0) is 17.2. The van der Waals surface area contributed by atoms with Crippen LogP contribution in [0.1, 0.15) is 31.9 Å². The maximum absolute atomic E-state index is 11.5. The molecule has 2 atom stereocenters. The molecule has 0 radical (unpaired) electrons. The average molecular weight is 338 g/mol. The molecule has 1 fully saturated rings. The van der Waals surface area contributed by atoms with Crippen molar-refractivity contribution in [3.05, 3.63) is 29.8 Å². The van der Waals surface area contributed by atoms with E-state index in [2.05, 4.69) is 18.9 Å². The van der Waals surface area contributed by atoms with Gasteiger partial charge in [-0.15, -0.1) is 0 Å². The Morgan fingerprint density at radius 2 is 1.96 bits per heavy atom. The first-order chi connectivity index (χ1) is 10.7. The number of hydrogen-bond donors (Lipinski definition) is 0. The fourth-order valence-corrected chi connectivity index (χ4v) is 3.71. The summed E-state index contributed by atoms with van der Waals surface area (Å²) in [6.45, 7) is 6.36. The van der Waals surface area contributed by atoms with Gasteiger partial charge in [0.2, 0.25) is 5.91 Å². The number of likely N-dealkylation sites (tertiary alicyclic amines) is 1. The van der Waals surface area contributed by atoms with Crippen LogP contribution in [0.15, 0.2) is 29.2 Å². The molecule has 1 aliphatic heterocycles. The van der Waals surface area contributed by atoms with Crippen LogP contribution in [-0.2, 0) is 14.6 Å². The lowest BCUT2D eigenvalue weighted by molar-refractivity contribution is -0.127. The molecular weight excluding hydrogens is 312 g/mol. The maximum atomic E-state index is 11.5. The van der Waals surface area contributed by atoms with E-state index in [0.29, 0.717) is 10.8 Å². The summed E-state index contributed by atoms with van der Waals surface area (Å²) in [4.78, 5) is 15.9. The van der Waals surface area contributed by atoms with Crippen LogP contribution in [0.2, 0.25) is 0 Å². The quantitative estimate of drug-likeness (QED) is 0.823. The number of rotatable bonds is 5. The second kappa shape index (κ2) is 7.01. The Bertz CT molecular complexity index is 655. The molecule has 0 bridgehead atoms. The molecule has 1 saturated heterocycles. The minimum atomic E-state index is -3.15. The van der Waals surface area contributed by atoms with Crippen LogP contribution >= 0.6 is 0 Å². The van der Waals surface area contributed by atoms with E-state index in [1.54, 1.807) is 19.1 Å². The minimum absolute atomic E-state index is 0.152. The Morgan fingerprint density at radius 1 is 1.35 bits per heavy atom. The van der Waals surface area contributed by atoms with Crippen molar-refractivity contribution in [2.75, 3.05) is 32.9 Å². The summed E-state index contributed by atoms with van der Waals surface area (Å²) >= 11 is 0. The number of hydrogen-bond acceptors (Lipinski definition) is 4. The highest BCUT2D eigenvalue weighted by Crippen LogP contribution is 2.24. The molecule has 1 amide bonds. The molecule has 5 nitrogen and oxygen atoms in total. The van der Waals surface area contributed by atoms with Gasteiger partial charge in [0.25, 0.3) is 0 Å². The van der Waals surface area contributed by atoms with Crippen molar-refractivity contribution in [2.24, 2.45) is 5.92 Å². The van der Waals surface area contributed by atoms with Gasteiger partial charge in [0.05, 0.1) is 4.90 Å². The predicted octanol–water partition coefficient (Wildman–Crippen LogP) is 1.95. The van der Waals surface area contributed by atoms with Gasteiger partial charge < -0.3 is 4.90 Å². The molecule has 2 unspecified atom stereocenters. The van der Waals surface area contributed by atoms with E-state index in [4.69, 9.17) is 0 Å². The van der Waals surface area contributed by atoms with E-state index in [1.807, 2.05) is 17.0 Å². The van der Waals surface area contributed by atoms with Gasteiger partial charge in [0.1, 0.15) is 0 Å². The highest BCUT2D eigenvalue weighted by molar-refractivity contribution is 7.90. The smallest absolute Gasteiger partial charge is 0.219 e. The largest absolute Gasteiger partial charge is 0.343 e. The van der Waals surface area contributed by atoms with E-state index in [-0.39, 0.29) is 11.9 Å². The summed E-state index contributed by atoms with van der Waals surface area (Å²) in [6.07, 6.45) is 2.27. The van der Waals surface area contributed by atoms with Crippen LogP contribution in [0.25, 0.3) is 0 Å². The van der Waals surface area contributed by atoms with Gasteiger partial charge >= 0.3 is 0 Å². The third-order valence-electron chi connectivity index (χ3n) is 4.73. The van der Waals surface area contributed by atoms with Crippen molar-refractivity contribution in [1.82, 2.24) is 9.80 Å². The molecule has 0 N–H and O–H groups in total. The first-order valence-electron chi connectivity index (χ1n) is 7.94. The van der Waals surface area contributed by atoms with Crippen LogP contribution in [0, 0.1) is 5.92 Å². The maximum Gasteiger partial charge on any atom is 0.219 e. The SMILES string of the molecule is CC(=O)N1CCC(CN(C)C(C)c2ccc(S(C)(=O)=O)cc2)C1. The molecule has 1 aromatic carbocycles. The standard InChI is InChI=1S/C17H26N2O3S/c1-13(16-5-7-17(8-6-16)23(4,21)22)18(3)11-15-9-10-19(12-15)14(2)20/h5-8,13,15H,9-12H2,1-4H3. The molecule has 0 spiro atoms. The first-order valence-corrected chi connectivity index (χ1v) is 9.83. The van der Waals surface area contributed by atoms with Gasteiger partial charge in [-0.2, -0.15) is 0 Å². The molecular formula is C17H26N2O3S. The van der Waals surface area contributed by atoms with Crippen molar-refractivity contribution in [3.63, 3.8) is 0 Å². The Kier molecular flexibility index (Phi) is 5.47. The molecule has 1 aliphatic rings. The Balaban J connectivity index is 1.97. The average Bonchev–Trinajstić information content (AvgIpc) is 2.94. The normalized spacial score (nSPS) is 20.0. The third kappa shape index (κ3) is 4.54. The van der Waals surface area contributed by atoms with Crippen LogP contribution < -0.4 is 0 Å². The monoisotopic (exact) mass is 338 g/mol. The second-order valence-corrected chi connectivity index (χ2v) is 8.59. The molecule has 23 heavy (non-hydrogen) atoms. The Hall–Kier alpha value is -1.40. The van der Waals surface area contributed by atoms with E-state index in [0.717, 1.165) is 31.6 Å². The van der Waals surface area contributed by atoms with Gasteiger partial charge in [-0.05, 0) is 44.0 Å². The summed E-state index contributed by atoms with van der Waals surface area (Å²) in [6, 6.07) is 7.31. The van der Waals surface area contributed by atoms with E-state index < -0.39 is 9.84 Å². The van der Waals surface area contributed by atoms with Crippen LogP contribution in [-0.4, -0.2) is 57.1 Å². The number of nitrogens with zero attached hydrogens (tertiary/aromatic N) is 2. The van der Waals surface area contributed by atoms with Crippen molar-refractivity contribution < 1.29 is 13.2 Å². The fraction of sp³-hybridized carbons (Fsp3) is 0.588. The fourth-order valence-electron chi connectivity index (χ4n) is 3.08. The number of amides is 1. The number of carbonyl (C=O) groups excluding carboxylic acids is 1. The highest BCUT2D eigenvalue weighted by atomic mass is 32.2. The summed E-state index contributed by atoms with van der Waals surface area (Å²) in [5.74, 6) is 0.654. The van der Waals surface area contributed by atoms with Crippen LogP contribution in [0.4, 0.5) is 0 Å². The Labute approximate surface area is 139 Å². The molecule has 128 valence electrons. The molecule has 2 rings (SSSR count). The van der Waals surface area contributed by atoms with Crippen molar-refractivity contribution in [3.8, 4) is 0 Å². The zero-order valence-electron chi connectivity index (χ0n) is 14.3. The van der Waals surface area contributed by atoms with Crippen molar-refractivity contribution >= 4 is 15.7 Å². The summed E-state index contributed by atoms with van der Waals surface area (Å²) in [5.41, 5.74) is 1.10. The summed E-state index contributed by atoms with van der Waals surface area (Å²) in [7, 11) is -1.07. The topological polar surface area (TPSA) is 57.7 Å². The van der Waals surface area contributed by atoms with E-state index in [9.17, 15) is 13.2 Å². The van der Waals surface area contributed by atoms with Gasteiger partial charge in [-0.3, -0.25) is 9.69 Å². The minimum Gasteiger partial charge on any atom is -0.343 e. The van der Waals surface area contributed by atoms with Gasteiger partial charge in [-0.25, -0.2) is 8.42 Å². The van der Waals surface area contributed by atoms with Gasteiger partial charge in [-0.1, -0.05) is 12.1 Å². The molecule has 0 aromatic heterocycles. The van der Waals surface area contributed by atoms with Gasteiger partial charge in [0, 0.05) is 38.9 Å². The van der Waals surface area contributed by atoms with E-state index in [1.165, 1.54) is 6.26 Å². The van der Waals surface area contributed by atoms with Crippen molar-refractivity contribution in [1.29, 1.82) is 0 Å². The lowest BCUT2D eigenvalue weighted by atomic mass is 10.0. The molecule has 1 heterocycles. The van der Waals surface area contributed by atoms with Crippen LogP contribution in [0.3, 0.4) is 0 Å². The molecule has 1 aromatic rings. The number of benzene rings is 1. The highest BCUT2D eigenvalue weighted by Gasteiger charge is 2.26. The third-order valence-corrected chi connectivity index (χ3v) is 5.86.